The Morgan fingerprint density at radius 1 is 1.35 bits per heavy atom. The second-order valence-corrected chi connectivity index (χ2v) is 4.82. The van der Waals surface area contributed by atoms with Gasteiger partial charge in [0.25, 0.3) is 5.91 Å². The average molecular weight is 277 g/mol. The lowest BCUT2D eigenvalue weighted by Gasteiger charge is -2.15. The van der Waals surface area contributed by atoms with Gasteiger partial charge in [-0.1, -0.05) is 13.3 Å². The first-order valence-corrected chi connectivity index (χ1v) is 6.87. The predicted octanol–water partition coefficient (Wildman–Crippen LogP) is 1.67. The molecule has 1 aromatic carbocycles. The van der Waals surface area contributed by atoms with E-state index < -0.39 is 0 Å². The molecule has 0 aliphatic rings. The Labute approximate surface area is 119 Å². The van der Waals surface area contributed by atoms with E-state index in [1.165, 1.54) is 0 Å². The lowest BCUT2D eigenvalue weighted by Crippen LogP contribution is -2.29. The summed E-state index contributed by atoms with van der Waals surface area (Å²) in [7, 11) is 1.59. The van der Waals surface area contributed by atoms with Crippen LogP contribution in [0.1, 0.15) is 35.7 Å². The summed E-state index contributed by atoms with van der Waals surface area (Å²) in [4.78, 5) is 23.6. The van der Waals surface area contributed by atoms with Crippen molar-refractivity contribution in [2.24, 2.45) is 11.7 Å². The van der Waals surface area contributed by atoms with E-state index in [9.17, 15) is 9.59 Å². The molecule has 20 heavy (non-hydrogen) atoms. The lowest BCUT2D eigenvalue weighted by atomic mass is 10.0. The number of amides is 2. The minimum atomic E-state index is -0.169. The zero-order valence-electron chi connectivity index (χ0n) is 12.3. The number of rotatable bonds is 6. The van der Waals surface area contributed by atoms with Gasteiger partial charge in [0.2, 0.25) is 5.91 Å². The molecule has 0 aliphatic heterocycles. The fraction of sp³-hybridized carbons (Fsp3) is 0.467. The number of nitrogens with one attached hydrogen (secondary N) is 2. The van der Waals surface area contributed by atoms with Gasteiger partial charge in [-0.25, -0.2) is 0 Å². The van der Waals surface area contributed by atoms with Gasteiger partial charge in [-0.15, -0.1) is 0 Å². The summed E-state index contributed by atoms with van der Waals surface area (Å²) < 4.78 is 0. The van der Waals surface area contributed by atoms with Crippen LogP contribution in [0, 0.1) is 12.8 Å². The van der Waals surface area contributed by atoms with Crippen LogP contribution in [0.2, 0.25) is 0 Å². The van der Waals surface area contributed by atoms with Crippen molar-refractivity contribution in [3.8, 4) is 0 Å². The maximum atomic E-state index is 12.1. The van der Waals surface area contributed by atoms with Gasteiger partial charge in [-0.3, -0.25) is 9.59 Å². The first kappa shape index (κ1) is 16.2. The summed E-state index contributed by atoms with van der Waals surface area (Å²) in [6, 6.07) is 5.20. The molecular formula is C15H23N3O2. The van der Waals surface area contributed by atoms with Crippen LogP contribution in [0.15, 0.2) is 18.2 Å². The molecule has 0 aromatic heterocycles. The van der Waals surface area contributed by atoms with E-state index in [0.29, 0.717) is 12.1 Å². The van der Waals surface area contributed by atoms with Crippen LogP contribution in [0.5, 0.6) is 0 Å². The first-order valence-electron chi connectivity index (χ1n) is 6.87. The third-order valence-electron chi connectivity index (χ3n) is 3.27. The monoisotopic (exact) mass is 277 g/mol. The Morgan fingerprint density at radius 3 is 2.55 bits per heavy atom. The first-order chi connectivity index (χ1) is 9.53. The highest BCUT2D eigenvalue weighted by molar-refractivity contribution is 5.97. The van der Waals surface area contributed by atoms with Gasteiger partial charge in [0.1, 0.15) is 0 Å². The Bertz CT molecular complexity index is 486. The summed E-state index contributed by atoms with van der Waals surface area (Å²) >= 11 is 0. The van der Waals surface area contributed by atoms with E-state index in [1.807, 2.05) is 13.8 Å². The van der Waals surface area contributed by atoms with E-state index in [0.717, 1.165) is 24.1 Å². The van der Waals surface area contributed by atoms with Gasteiger partial charge in [0, 0.05) is 24.8 Å². The van der Waals surface area contributed by atoms with Crippen LogP contribution < -0.4 is 16.4 Å². The number of hydrogen-bond donors (Lipinski definition) is 3. The molecule has 0 radical (unpaired) electrons. The van der Waals surface area contributed by atoms with Crippen LogP contribution in [0.3, 0.4) is 0 Å². The Balaban J connectivity index is 2.83. The second-order valence-electron chi connectivity index (χ2n) is 4.82. The number of carbonyl (C=O) groups is 2. The summed E-state index contributed by atoms with van der Waals surface area (Å²) in [5, 5.41) is 5.45. The number of aryl methyl sites for hydroxylation is 1. The molecule has 0 spiro atoms. The zero-order chi connectivity index (χ0) is 15.1. The van der Waals surface area contributed by atoms with Crippen molar-refractivity contribution < 1.29 is 9.59 Å². The molecule has 4 N–H and O–H groups in total. The average Bonchev–Trinajstić information content (AvgIpc) is 2.45. The van der Waals surface area contributed by atoms with E-state index in [1.54, 1.807) is 25.2 Å². The molecule has 5 heteroatoms. The third-order valence-corrected chi connectivity index (χ3v) is 3.27. The SMILES string of the molecule is CCCC(CN)C(=O)Nc1ccc(C(=O)NC)cc1C. The highest BCUT2D eigenvalue weighted by Gasteiger charge is 2.16. The van der Waals surface area contributed by atoms with E-state index in [4.69, 9.17) is 5.73 Å². The zero-order valence-corrected chi connectivity index (χ0v) is 12.3. The maximum absolute atomic E-state index is 12.1. The molecule has 0 aliphatic carbocycles. The Hall–Kier alpha value is -1.88. The molecule has 110 valence electrons. The van der Waals surface area contributed by atoms with Crippen molar-refractivity contribution in [1.29, 1.82) is 0 Å². The molecule has 5 nitrogen and oxygen atoms in total. The standard InChI is InChI=1S/C15H23N3O2/c1-4-5-12(9-16)15(20)18-13-7-6-11(8-10(13)2)14(19)17-3/h6-8,12H,4-5,9,16H2,1-3H3,(H,17,19)(H,18,20). The molecule has 1 aromatic rings. The van der Waals surface area contributed by atoms with Gasteiger partial charge in [-0.05, 0) is 37.1 Å². The van der Waals surface area contributed by atoms with Crippen LogP contribution in [0.4, 0.5) is 5.69 Å². The van der Waals surface area contributed by atoms with Crippen molar-refractivity contribution in [1.82, 2.24) is 5.32 Å². The fourth-order valence-electron chi connectivity index (χ4n) is 2.03. The van der Waals surface area contributed by atoms with Crippen LogP contribution >= 0.6 is 0 Å². The predicted molar refractivity (Wildman–Crippen MR) is 80.7 cm³/mol. The van der Waals surface area contributed by atoms with Crippen molar-refractivity contribution in [2.45, 2.75) is 26.7 Å². The molecule has 0 fully saturated rings. The van der Waals surface area contributed by atoms with E-state index in [-0.39, 0.29) is 17.7 Å². The Kier molecular flexibility index (Phi) is 6.18. The number of benzene rings is 1. The fourth-order valence-corrected chi connectivity index (χ4v) is 2.03. The van der Waals surface area contributed by atoms with Crippen molar-refractivity contribution in [3.63, 3.8) is 0 Å². The molecule has 0 saturated carbocycles. The highest BCUT2D eigenvalue weighted by atomic mass is 16.2. The highest BCUT2D eigenvalue weighted by Crippen LogP contribution is 2.18. The van der Waals surface area contributed by atoms with Gasteiger partial charge in [0.05, 0.1) is 5.92 Å². The normalized spacial score (nSPS) is 11.8. The summed E-state index contributed by atoms with van der Waals surface area (Å²) in [6.45, 7) is 4.23. The van der Waals surface area contributed by atoms with E-state index >= 15 is 0 Å². The third kappa shape index (κ3) is 4.06. The smallest absolute Gasteiger partial charge is 0.251 e. The van der Waals surface area contributed by atoms with Crippen molar-refractivity contribution in [3.05, 3.63) is 29.3 Å². The number of nitrogens with two attached hydrogens (primary N) is 1. The molecule has 1 atom stereocenters. The summed E-state index contributed by atoms with van der Waals surface area (Å²) in [6.07, 6.45) is 1.70. The largest absolute Gasteiger partial charge is 0.355 e. The molecule has 1 rings (SSSR count). The number of carbonyl (C=O) groups excluding carboxylic acids is 2. The molecule has 2 amide bonds. The van der Waals surface area contributed by atoms with Crippen LogP contribution in [0.25, 0.3) is 0 Å². The van der Waals surface area contributed by atoms with E-state index in [2.05, 4.69) is 10.6 Å². The topological polar surface area (TPSA) is 84.2 Å². The Morgan fingerprint density at radius 2 is 2.05 bits per heavy atom. The van der Waals surface area contributed by atoms with Gasteiger partial charge < -0.3 is 16.4 Å². The van der Waals surface area contributed by atoms with Crippen molar-refractivity contribution >= 4 is 17.5 Å². The minimum absolute atomic E-state index is 0.0647. The quantitative estimate of drug-likeness (QED) is 0.739. The maximum Gasteiger partial charge on any atom is 0.251 e. The number of hydrogen-bond acceptors (Lipinski definition) is 3. The molecule has 1 unspecified atom stereocenters. The van der Waals surface area contributed by atoms with Crippen molar-refractivity contribution in [2.75, 3.05) is 18.9 Å². The summed E-state index contributed by atoms with van der Waals surface area (Å²) in [5.74, 6) is -0.375. The van der Waals surface area contributed by atoms with Crippen LogP contribution in [-0.4, -0.2) is 25.4 Å². The van der Waals surface area contributed by atoms with Gasteiger partial charge in [-0.2, -0.15) is 0 Å². The number of anilines is 1. The van der Waals surface area contributed by atoms with Gasteiger partial charge >= 0.3 is 0 Å². The minimum Gasteiger partial charge on any atom is -0.355 e. The molecule has 0 heterocycles. The lowest BCUT2D eigenvalue weighted by molar-refractivity contribution is -0.119. The molecule has 0 saturated heterocycles. The molecular weight excluding hydrogens is 254 g/mol. The summed E-state index contributed by atoms with van der Waals surface area (Å²) in [5.41, 5.74) is 7.77. The molecule has 0 bridgehead atoms. The van der Waals surface area contributed by atoms with Crippen LogP contribution in [-0.2, 0) is 4.79 Å². The van der Waals surface area contributed by atoms with Gasteiger partial charge in [0.15, 0.2) is 0 Å². The second kappa shape index (κ2) is 7.65.